The molecule has 1 unspecified atom stereocenters. The van der Waals surface area contributed by atoms with Gasteiger partial charge in [0, 0.05) is 12.8 Å². The molecule has 0 saturated carbocycles. The summed E-state index contributed by atoms with van der Waals surface area (Å²) in [6, 6.07) is 9.34. The van der Waals surface area contributed by atoms with Crippen molar-refractivity contribution in [2.75, 3.05) is 0 Å². The molecule has 0 radical (unpaired) electrons. The van der Waals surface area contributed by atoms with Gasteiger partial charge in [0.1, 0.15) is 6.61 Å². The molecule has 0 fully saturated rings. The molecule has 5 nitrogen and oxygen atoms in total. The number of ether oxygens (including phenoxy) is 2. The van der Waals surface area contributed by atoms with Gasteiger partial charge in [0.2, 0.25) is 0 Å². The van der Waals surface area contributed by atoms with Gasteiger partial charge in [0.15, 0.2) is 6.23 Å². The zero-order chi connectivity index (χ0) is 14.3. The SMILES string of the molecule is CC(=O)OC(NC(=O)OCc1ccccc1)C(C)C. The zero-order valence-corrected chi connectivity index (χ0v) is 11.4. The number of hydrogen-bond acceptors (Lipinski definition) is 4. The summed E-state index contributed by atoms with van der Waals surface area (Å²) in [5.74, 6) is -0.477. The van der Waals surface area contributed by atoms with Crippen molar-refractivity contribution in [3.05, 3.63) is 35.9 Å². The monoisotopic (exact) mass is 265 g/mol. The highest BCUT2D eigenvalue weighted by atomic mass is 16.6. The van der Waals surface area contributed by atoms with Crippen LogP contribution in [-0.4, -0.2) is 18.3 Å². The molecule has 0 saturated heterocycles. The molecule has 0 aromatic heterocycles. The lowest BCUT2D eigenvalue weighted by Gasteiger charge is -2.21. The van der Waals surface area contributed by atoms with Crippen LogP contribution in [0.4, 0.5) is 4.79 Å². The van der Waals surface area contributed by atoms with Crippen LogP contribution in [0.3, 0.4) is 0 Å². The quantitative estimate of drug-likeness (QED) is 0.656. The van der Waals surface area contributed by atoms with E-state index in [1.165, 1.54) is 6.92 Å². The van der Waals surface area contributed by atoms with Crippen molar-refractivity contribution in [2.24, 2.45) is 5.92 Å². The first-order valence-corrected chi connectivity index (χ1v) is 6.13. The molecule has 0 aliphatic heterocycles. The Bertz CT molecular complexity index is 417. The average Bonchev–Trinajstić information content (AvgIpc) is 2.36. The fourth-order valence-electron chi connectivity index (χ4n) is 1.39. The van der Waals surface area contributed by atoms with E-state index < -0.39 is 18.3 Å². The Hall–Kier alpha value is -2.04. The number of nitrogens with one attached hydrogen (secondary N) is 1. The maximum atomic E-state index is 11.6. The second-order valence-corrected chi connectivity index (χ2v) is 4.48. The second kappa shape index (κ2) is 7.41. The molecule has 5 heteroatoms. The molecule has 19 heavy (non-hydrogen) atoms. The van der Waals surface area contributed by atoms with Crippen molar-refractivity contribution in [1.82, 2.24) is 5.32 Å². The van der Waals surface area contributed by atoms with E-state index in [2.05, 4.69) is 5.32 Å². The van der Waals surface area contributed by atoms with Crippen LogP contribution in [0, 0.1) is 5.92 Å². The largest absolute Gasteiger partial charge is 0.445 e. The molecule has 1 atom stereocenters. The fourth-order valence-corrected chi connectivity index (χ4v) is 1.39. The molecule has 0 heterocycles. The predicted molar refractivity (Wildman–Crippen MR) is 70.2 cm³/mol. The van der Waals surface area contributed by atoms with Crippen LogP contribution in [0.2, 0.25) is 0 Å². The summed E-state index contributed by atoms with van der Waals surface area (Å²) < 4.78 is 10.0. The minimum Gasteiger partial charge on any atom is -0.445 e. The molecule has 1 amide bonds. The number of rotatable bonds is 5. The summed E-state index contributed by atoms with van der Waals surface area (Å²) in [5.41, 5.74) is 0.895. The summed E-state index contributed by atoms with van der Waals surface area (Å²) >= 11 is 0. The van der Waals surface area contributed by atoms with Crippen LogP contribution in [0.1, 0.15) is 26.3 Å². The molecule has 104 valence electrons. The molecular formula is C14H19NO4. The minimum absolute atomic E-state index is 0.0341. The molecule has 1 aromatic carbocycles. The van der Waals surface area contributed by atoms with Gasteiger partial charge in [-0.3, -0.25) is 10.1 Å². The number of amides is 1. The molecule has 0 aliphatic rings. The van der Waals surface area contributed by atoms with Crippen molar-refractivity contribution in [2.45, 2.75) is 33.6 Å². The maximum absolute atomic E-state index is 11.6. The first kappa shape index (κ1) is 15.0. The first-order chi connectivity index (χ1) is 8.99. The smallest absolute Gasteiger partial charge is 0.410 e. The van der Waals surface area contributed by atoms with E-state index in [0.717, 1.165) is 5.56 Å². The van der Waals surface area contributed by atoms with Crippen LogP contribution in [0.25, 0.3) is 0 Å². The van der Waals surface area contributed by atoms with Gasteiger partial charge in [-0.15, -0.1) is 0 Å². The number of carbonyl (C=O) groups excluding carboxylic acids is 2. The van der Waals surface area contributed by atoms with Gasteiger partial charge in [-0.2, -0.15) is 0 Å². The van der Waals surface area contributed by atoms with E-state index in [1.807, 2.05) is 44.2 Å². The van der Waals surface area contributed by atoms with E-state index in [9.17, 15) is 9.59 Å². The zero-order valence-electron chi connectivity index (χ0n) is 11.4. The lowest BCUT2D eigenvalue weighted by Crippen LogP contribution is -2.41. The predicted octanol–water partition coefficient (Wildman–Crippen LogP) is 2.46. The highest BCUT2D eigenvalue weighted by molar-refractivity contribution is 5.69. The molecule has 0 aliphatic carbocycles. The van der Waals surface area contributed by atoms with Gasteiger partial charge in [0.25, 0.3) is 0 Å². The Morgan fingerprint density at radius 2 is 1.84 bits per heavy atom. The first-order valence-electron chi connectivity index (χ1n) is 6.13. The topological polar surface area (TPSA) is 64.6 Å². The van der Waals surface area contributed by atoms with Gasteiger partial charge in [-0.25, -0.2) is 4.79 Å². The molecule has 1 rings (SSSR count). The Balaban J connectivity index is 2.42. The Morgan fingerprint density at radius 1 is 1.21 bits per heavy atom. The standard InChI is InChI=1S/C14H19NO4/c1-10(2)13(19-11(3)16)15-14(17)18-9-12-7-5-4-6-8-12/h4-8,10,13H,9H2,1-3H3,(H,15,17). The fraction of sp³-hybridized carbons (Fsp3) is 0.429. The molecule has 0 bridgehead atoms. The van der Waals surface area contributed by atoms with Crippen LogP contribution >= 0.6 is 0 Å². The summed E-state index contributed by atoms with van der Waals surface area (Å²) in [6.07, 6.45) is -1.29. The summed E-state index contributed by atoms with van der Waals surface area (Å²) in [7, 11) is 0. The van der Waals surface area contributed by atoms with Crippen LogP contribution < -0.4 is 5.32 Å². The van der Waals surface area contributed by atoms with Crippen molar-refractivity contribution in [1.29, 1.82) is 0 Å². The van der Waals surface area contributed by atoms with Gasteiger partial charge < -0.3 is 9.47 Å². The van der Waals surface area contributed by atoms with Crippen molar-refractivity contribution in [3.63, 3.8) is 0 Å². The molecular weight excluding hydrogens is 246 g/mol. The second-order valence-electron chi connectivity index (χ2n) is 4.48. The van der Waals surface area contributed by atoms with E-state index in [0.29, 0.717) is 0 Å². The highest BCUT2D eigenvalue weighted by Gasteiger charge is 2.19. The van der Waals surface area contributed by atoms with Crippen molar-refractivity contribution in [3.8, 4) is 0 Å². The Morgan fingerprint density at radius 3 is 2.37 bits per heavy atom. The molecule has 0 spiro atoms. The molecule has 1 N–H and O–H groups in total. The number of benzene rings is 1. The maximum Gasteiger partial charge on any atom is 0.410 e. The van der Waals surface area contributed by atoms with Crippen LogP contribution in [0.5, 0.6) is 0 Å². The number of alkyl carbamates (subject to hydrolysis) is 1. The van der Waals surface area contributed by atoms with E-state index in [1.54, 1.807) is 0 Å². The van der Waals surface area contributed by atoms with Gasteiger partial charge in [-0.1, -0.05) is 44.2 Å². The van der Waals surface area contributed by atoms with Crippen LogP contribution in [-0.2, 0) is 20.9 Å². The summed E-state index contributed by atoms with van der Waals surface area (Å²) in [4.78, 5) is 22.5. The highest BCUT2D eigenvalue weighted by Crippen LogP contribution is 2.05. The normalized spacial score (nSPS) is 11.8. The van der Waals surface area contributed by atoms with E-state index >= 15 is 0 Å². The lowest BCUT2D eigenvalue weighted by atomic mass is 10.2. The van der Waals surface area contributed by atoms with Crippen LogP contribution in [0.15, 0.2) is 30.3 Å². The number of esters is 1. The Kier molecular flexibility index (Phi) is 5.85. The van der Waals surface area contributed by atoms with E-state index in [4.69, 9.17) is 9.47 Å². The Labute approximate surface area is 112 Å². The third-order valence-corrected chi connectivity index (χ3v) is 2.37. The molecule has 1 aromatic rings. The van der Waals surface area contributed by atoms with Gasteiger partial charge in [0.05, 0.1) is 0 Å². The van der Waals surface area contributed by atoms with Crippen molar-refractivity contribution >= 4 is 12.1 Å². The van der Waals surface area contributed by atoms with E-state index in [-0.39, 0.29) is 12.5 Å². The summed E-state index contributed by atoms with van der Waals surface area (Å²) in [6.45, 7) is 5.15. The average molecular weight is 265 g/mol. The number of hydrogen-bond donors (Lipinski definition) is 1. The third kappa shape index (κ3) is 5.90. The van der Waals surface area contributed by atoms with Gasteiger partial charge >= 0.3 is 12.1 Å². The lowest BCUT2D eigenvalue weighted by molar-refractivity contribution is -0.149. The minimum atomic E-state index is -0.680. The third-order valence-electron chi connectivity index (χ3n) is 2.37. The van der Waals surface area contributed by atoms with Crippen molar-refractivity contribution < 1.29 is 19.1 Å². The summed E-state index contributed by atoms with van der Waals surface area (Å²) in [5, 5.41) is 2.51. The number of carbonyl (C=O) groups is 2. The van der Waals surface area contributed by atoms with Gasteiger partial charge in [-0.05, 0) is 5.56 Å².